The highest BCUT2D eigenvalue weighted by Gasteiger charge is 2.21. The van der Waals surface area contributed by atoms with Crippen LogP contribution < -0.4 is 10.1 Å². The zero-order valence-electron chi connectivity index (χ0n) is 14.6. The van der Waals surface area contributed by atoms with Crippen molar-refractivity contribution in [2.24, 2.45) is 0 Å². The van der Waals surface area contributed by atoms with Gasteiger partial charge in [-0.2, -0.15) is 0 Å². The molecule has 7 heteroatoms. The Morgan fingerprint density at radius 2 is 2.04 bits per heavy atom. The number of carbonyl (C=O) groups excluding carboxylic acids is 1. The molecule has 0 spiro atoms. The Morgan fingerprint density at radius 3 is 2.76 bits per heavy atom. The topological polar surface area (TPSA) is 81.9 Å². The van der Waals surface area contributed by atoms with Gasteiger partial charge in [0, 0.05) is 5.56 Å². The average Bonchev–Trinajstić information content (AvgIpc) is 3.31. The van der Waals surface area contributed by atoms with E-state index in [1.165, 1.54) is 12.8 Å². The molecule has 1 fully saturated rings. The second-order valence-corrected chi connectivity index (χ2v) is 6.39. The summed E-state index contributed by atoms with van der Waals surface area (Å²) in [7, 11) is 0. The van der Waals surface area contributed by atoms with Crippen molar-refractivity contribution >= 4 is 5.91 Å². The highest BCUT2D eigenvalue weighted by Crippen LogP contribution is 2.29. The monoisotopic (exact) mass is 343 g/mol. The van der Waals surface area contributed by atoms with E-state index in [4.69, 9.17) is 4.74 Å². The van der Waals surface area contributed by atoms with Gasteiger partial charge in [-0.3, -0.25) is 4.79 Å². The third-order valence-electron chi connectivity index (χ3n) is 4.52. The Balaban J connectivity index is 1.53. The van der Waals surface area contributed by atoms with Gasteiger partial charge in [-0.25, -0.2) is 4.68 Å². The SMILES string of the molecule is CCCCOc1ccc(C(=O)NCc2nnnn2C2CCCC2)cc1. The van der Waals surface area contributed by atoms with E-state index < -0.39 is 0 Å². The van der Waals surface area contributed by atoms with Gasteiger partial charge in [-0.1, -0.05) is 26.2 Å². The van der Waals surface area contributed by atoms with Crippen LogP contribution in [-0.2, 0) is 6.54 Å². The first kappa shape index (κ1) is 17.4. The molecule has 134 valence electrons. The van der Waals surface area contributed by atoms with E-state index in [1.807, 2.05) is 16.8 Å². The molecule has 0 bridgehead atoms. The minimum atomic E-state index is -0.138. The van der Waals surface area contributed by atoms with Gasteiger partial charge in [0.25, 0.3) is 5.91 Å². The Kier molecular flexibility index (Phi) is 5.98. The van der Waals surface area contributed by atoms with Gasteiger partial charge >= 0.3 is 0 Å². The van der Waals surface area contributed by atoms with E-state index in [0.717, 1.165) is 31.4 Å². The number of nitrogens with zero attached hydrogens (tertiary/aromatic N) is 4. The first-order valence-corrected chi connectivity index (χ1v) is 9.05. The van der Waals surface area contributed by atoms with Gasteiger partial charge in [0.15, 0.2) is 5.82 Å². The molecule has 2 aromatic rings. The number of carbonyl (C=O) groups is 1. The zero-order chi connectivity index (χ0) is 17.5. The zero-order valence-corrected chi connectivity index (χ0v) is 14.6. The summed E-state index contributed by atoms with van der Waals surface area (Å²) in [5, 5.41) is 14.8. The second-order valence-electron chi connectivity index (χ2n) is 6.39. The van der Waals surface area contributed by atoms with E-state index >= 15 is 0 Å². The van der Waals surface area contributed by atoms with Crippen LogP contribution in [0.25, 0.3) is 0 Å². The molecule has 1 amide bonds. The van der Waals surface area contributed by atoms with Crippen molar-refractivity contribution in [2.75, 3.05) is 6.61 Å². The summed E-state index contributed by atoms with van der Waals surface area (Å²) in [5.41, 5.74) is 0.600. The Hall–Kier alpha value is -2.44. The lowest BCUT2D eigenvalue weighted by Gasteiger charge is -2.12. The van der Waals surface area contributed by atoms with Crippen molar-refractivity contribution in [3.05, 3.63) is 35.7 Å². The molecule has 0 radical (unpaired) electrons. The maximum absolute atomic E-state index is 12.3. The molecule has 1 aromatic carbocycles. The largest absolute Gasteiger partial charge is 0.494 e. The van der Waals surface area contributed by atoms with Crippen molar-refractivity contribution in [3.8, 4) is 5.75 Å². The highest BCUT2D eigenvalue weighted by atomic mass is 16.5. The number of tetrazole rings is 1. The predicted octanol–water partition coefficient (Wildman–Crippen LogP) is 2.90. The molecule has 7 nitrogen and oxygen atoms in total. The van der Waals surface area contributed by atoms with Crippen molar-refractivity contribution in [3.63, 3.8) is 0 Å². The molecule has 1 N–H and O–H groups in total. The van der Waals surface area contributed by atoms with Gasteiger partial charge in [0.2, 0.25) is 0 Å². The van der Waals surface area contributed by atoms with E-state index in [-0.39, 0.29) is 5.91 Å². The molecular formula is C18H25N5O2. The number of unbranched alkanes of at least 4 members (excludes halogenated alkanes) is 1. The standard InChI is InChI=1S/C18H25N5O2/c1-2-3-12-25-16-10-8-14(9-11-16)18(24)19-13-17-20-21-22-23(17)15-6-4-5-7-15/h8-11,15H,2-7,12-13H2,1H3,(H,19,24). The fourth-order valence-electron chi connectivity index (χ4n) is 3.06. The Labute approximate surface area is 147 Å². The van der Waals surface area contributed by atoms with Crippen LogP contribution in [0.2, 0.25) is 0 Å². The number of aromatic nitrogens is 4. The van der Waals surface area contributed by atoms with E-state index in [9.17, 15) is 4.79 Å². The third-order valence-corrected chi connectivity index (χ3v) is 4.52. The number of amides is 1. The van der Waals surface area contributed by atoms with Crippen molar-refractivity contribution in [1.29, 1.82) is 0 Å². The number of benzene rings is 1. The summed E-state index contributed by atoms with van der Waals surface area (Å²) >= 11 is 0. The second kappa shape index (κ2) is 8.60. The summed E-state index contributed by atoms with van der Waals surface area (Å²) in [5.74, 6) is 1.36. The molecule has 0 unspecified atom stereocenters. The van der Waals surface area contributed by atoms with Gasteiger partial charge in [-0.15, -0.1) is 5.10 Å². The molecule has 1 heterocycles. The van der Waals surface area contributed by atoms with Gasteiger partial charge in [0.05, 0.1) is 19.2 Å². The van der Waals surface area contributed by atoms with Crippen LogP contribution >= 0.6 is 0 Å². The quantitative estimate of drug-likeness (QED) is 0.745. The maximum Gasteiger partial charge on any atom is 0.251 e. The molecule has 25 heavy (non-hydrogen) atoms. The smallest absolute Gasteiger partial charge is 0.251 e. The van der Waals surface area contributed by atoms with Gasteiger partial charge in [0.1, 0.15) is 5.75 Å². The fraction of sp³-hybridized carbons (Fsp3) is 0.556. The lowest BCUT2D eigenvalue weighted by molar-refractivity contribution is 0.0949. The number of hydrogen-bond acceptors (Lipinski definition) is 5. The minimum absolute atomic E-state index is 0.138. The maximum atomic E-state index is 12.3. The predicted molar refractivity (Wildman–Crippen MR) is 93.3 cm³/mol. The van der Waals surface area contributed by atoms with Gasteiger partial charge < -0.3 is 10.1 Å². The molecule has 0 atom stereocenters. The normalized spacial score (nSPS) is 14.6. The summed E-state index contributed by atoms with van der Waals surface area (Å²) in [6.07, 6.45) is 6.75. The van der Waals surface area contributed by atoms with Crippen molar-refractivity contribution in [2.45, 2.75) is 58.0 Å². The number of rotatable bonds is 8. The van der Waals surface area contributed by atoms with Crippen molar-refractivity contribution in [1.82, 2.24) is 25.5 Å². The first-order chi connectivity index (χ1) is 12.3. The Morgan fingerprint density at radius 1 is 1.28 bits per heavy atom. The Bertz CT molecular complexity index is 677. The molecule has 0 aliphatic heterocycles. The van der Waals surface area contributed by atoms with Crippen LogP contribution in [0, 0.1) is 0 Å². The fourth-order valence-corrected chi connectivity index (χ4v) is 3.06. The number of ether oxygens (including phenoxy) is 1. The molecular weight excluding hydrogens is 318 g/mol. The summed E-state index contributed by atoms with van der Waals surface area (Å²) in [6.45, 7) is 3.16. The van der Waals surface area contributed by atoms with Crippen molar-refractivity contribution < 1.29 is 9.53 Å². The summed E-state index contributed by atoms with van der Waals surface area (Å²) < 4.78 is 7.47. The molecule has 1 aliphatic rings. The molecule has 1 aromatic heterocycles. The summed E-state index contributed by atoms with van der Waals surface area (Å²) in [6, 6.07) is 7.56. The lowest BCUT2D eigenvalue weighted by atomic mass is 10.2. The molecule has 0 saturated heterocycles. The molecule has 3 rings (SSSR count). The van der Waals surface area contributed by atoms with E-state index in [2.05, 4.69) is 27.8 Å². The van der Waals surface area contributed by atoms with Crippen LogP contribution in [-0.4, -0.2) is 32.7 Å². The van der Waals surface area contributed by atoms with Crippen LogP contribution in [0.4, 0.5) is 0 Å². The lowest BCUT2D eigenvalue weighted by Crippen LogP contribution is -2.25. The van der Waals surface area contributed by atoms with Crippen LogP contribution in [0.5, 0.6) is 5.75 Å². The van der Waals surface area contributed by atoms with Gasteiger partial charge in [-0.05, 0) is 54.0 Å². The molecule has 1 aliphatic carbocycles. The summed E-state index contributed by atoms with van der Waals surface area (Å²) in [4.78, 5) is 12.3. The van der Waals surface area contributed by atoms with Crippen LogP contribution in [0.15, 0.2) is 24.3 Å². The highest BCUT2D eigenvalue weighted by molar-refractivity contribution is 5.94. The number of nitrogens with one attached hydrogen (secondary N) is 1. The van der Waals surface area contributed by atoms with E-state index in [1.54, 1.807) is 12.1 Å². The first-order valence-electron chi connectivity index (χ1n) is 9.05. The van der Waals surface area contributed by atoms with E-state index in [0.29, 0.717) is 30.6 Å². The molecule has 1 saturated carbocycles. The van der Waals surface area contributed by atoms with Crippen LogP contribution in [0.1, 0.15) is 67.7 Å². The average molecular weight is 343 g/mol. The van der Waals surface area contributed by atoms with Crippen LogP contribution in [0.3, 0.4) is 0 Å². The third kappa shape index (κ3) is 4.55. The minimum Gasteiger partial charge on any atom is -0.494 e. The number of hydrogen-bond donors (Lipinski definition) is 1.